The van der Waals surface area contributed by atoms with E-state index in [0.717, 1.165) is 31.7 Å². The maximum absolute atomic E-state index is 5.82. The topological polar surface area (TPSA) is 51.1 Å². The summed E-state index contributed by atoms with van der Waals surface area (Å²) in [6, 6.07) is 0.386. The van der Waals surface area contributed by atoms with Crippen molar-refractivity contribution in [2.45, 2.75) is 52.3 Å². The summed E-state index contributed by atoms with van der Waals surface area (Å²) < 4.78 is 8.01. The summed E-state index contributed by atoms with van der Waals surface area (Å²) in [5, 5.41) is 7.17. The molecule has 0 aromatic carbocycles. The van der Waals surface area contributed by atoms with Gasteiger partial charge in [0, 0.05) is 31.2 Å². The van der Waals surface area contributed by atoms with E-state index in [9.17, 15) is 0 Å². The lowest BCUT2D eigenvalue weighted by Crippen LogP contribution is -2.42. The first-order valence-corrected chi connectivity index (χ1v) is 7.76. The maximum atomic E-state index is 5.82. The lowest BCUT2D eigenvalue weighted by molar-refractivity contribution is 0.0413. The number of ether oxygens (including phenoxy) is 1. The number of aromatic nitrogens is 2. The number of aryl methyl sites for hydroxylation is 1. The number of hydrogen-bond donors (Lipinski definition) is 2. The van der Waals surface area contributed by atoms with Gasteiger partial charge in [0.05, 0.1) is 18.6 Å². The highest BCUT2D eigenvalue weighted by atomic mass is 32.1. The van der Waals surface area contributed by atoms with Crippen LogP contribution in [0.2, 0.25) is 0 Å². The van der Waals surface area contributed by atoms with Crippen molar-refractivity contribution in [2.24, 2.45) is 0 Å². The molecule has 6 heteroatoms. The summed E-state index contributed by atoms with van der Waals surface area (Å²) in [6.45, 7) is 8.75. The summed E-state index contributed by atoms with van der Waals surface area (Å²) >= 11 is 5.29. The Morgan fingerprint density at radius 3 is 3.10 bits per heavy atom. The predicted molar refractivity (Wildman–Crippen MR) is 83.8 cm³/mol. The molecule has 2 N–H and O–H groups in total. The van der Waals surface area contributed by atoms with E-state index in [1.165, 1.54) is 5.69 Å². The lowest BCUT2D eigenvalue weighted by Gasteiger charge is -2.24. The smallest absolute Gasteiger partial charge is 0.166 e. The zero-order chi connectivity index (χ0) is 14.5. The van der Waals surface area contributed by atoms with Crippen molar-refractivity contribution < 1.29 is 4.74 Å². The molecule has 1 aromatic heterocycles. The molecule has 0 saturated heterocycles. The van der Waals surface area contributed by atoms with E-state index in [2.05, 4.69) is 41.0 Å². The zero-order valence-electron chi connectivity index (χ0n) is 12.5. The average Bonchev–Trinajstić information content (AvgIpc) is 2.88. The Bertz CT molecular complexity index is 460. The minimum atomic E-state index is -0.0109. The van der Waals surface area contributed by atoms with Crippen LogP contribution in [0.5, 0.6) is 0 Å². The van der Waals surface area contributed by atoms with Crippen molar-refractivity contribution in [2.75, 3.05) is 13.2 Å². The minimum absolute atomic E-state index is 0.0109. The zero-order valence-corrected chi connectivity index (χ0v) is 13.3. The molecular weight excluding hydrogens is 272 g/mol. The van der Waals surface area contributed by atoms with Crippen molar-refractivity contribution in [3.05, 3.63) is 17.7 Å². The number of thiocarbonyl (C=S) groups is 1. The molecular formula is C14H24N4OS. The number of rotatable bonds is 5. The van der Waals surface area contributed by atoms with E-state index < -0.39 is 0 Å². The fourth-order valence-corrected chi connectivity index (χ4v) is 2.62. The summed E-state index contributed by atoms with van der Waals surface area (Å²) in [6.07, 6.45) is 3.88. The summed E-state index contributed by atoms with van der Waals surface area (Å²) in [5.41, 5.74) is 2.35. The molecule has 0 fully saturated rings. The SMILES string of the molecule is CCC(C)NC(=S)NCC1OCCc2c1ncn2CC. The van der Waals surface area contributed by atoms with Crippen molar-refractivity contribution in [1.29, 1.82) is 0 Å². The molecule has 2 heterocycles. The molecule has 112 valence electrons. The molecule has 0 aliphatic carbocycles. The van der Waals surface area contributed by atoms with Gasteiger partial charge in [0.25, 0.3) is 0 Å². The van der Waals surface area contributed by atoms with Crippen molar-refractivity contribution >= 4 is 17.3 Å². The molecule has 0 bridgehead atoms. The number of nitrogens with zero attached hydrogens (tertiary/aromatic N) is 2. The third kappa shape index (κ3) is 3.49. The fraction of sp³-hybridized carbons (Fsp3) is 0.714. The van der Waals surface area contributed by atoms with Crippen LogP contribution in [0, 0.1) is 0 Å². The molecule has 5 nitrogen and oxygen atoms in total. The summed E-state index contributed by atoms with van der Waals surface area (Å²) in [4.78, 5) is 4.50. The van der Waals surface area contributed by atoms with Gasteiger partial charge in [0.1, 0.15) is 6.10 Å². The third-order valence-corrected chi connectivity index (χ3v) is 3.98. The molecule has 0 spiro atoms. The Morgan fingerprint density at radius 2 is 2.40 bits per heavy atom. The van der Waals surface area contributed by atoms with E-state index in [1.807, 2.05) is 6.33 Å². The number of fused-ring (bicyclic) bond motifs is 1. The largest absolute Gasteiger partial charge is 0.370 e. The van der Waals surface area contributed by atoms with E-state index in [0.29, 0.717) is 17.7 Å². The van der Waals surface area contributed by atoms with Gasteiger partial charge in [-0.15, -0.1) is 0 Å². The Kier molecular flexibility index (Phi) is 5.37. The van der Waals surface area contributed by atoms with Gasteiger partial charge in [0.15, 0.2) is 5.11 Å². The normalized spacial score (nSPS) is 19.2. The van der Waals surface area contributed by atoms with Crippen molar-refractivity contribution in [1.82, 2.24) is 20.2 Å². The standard InChI is InChI=1S/C14H24N4OS/c1-4-10(3)17-14(20)15-8-12-13-11(6-7-19-12)18(5-2)9-16-13/h9-10,12H,4-8H2,1-3H3,(H2,15,17,20). The van der Waals surface area contributed by atoms with Gasteiger partial charge >= 0.3 is 0 Å². The first-order valence-electron chi connectivity index (χ1n) is 7.35. The fourth-order valence-electron chi connectivity index (χ4n) is 2.33. The molecule has 2 unspecified atom stereocenters. The van der Waals surface area contributed by atoms with Crippen molar-refractivity contribution in [3.8, 4) is 0 Å². The van der Waals surface area contributed by atoms with E-state index in [-0.39, 0.29) is 6.10 Å². The van der Waals surface area contributed by atoms with Gasteiger partial charge in [-0.2, -0.15) is 0 Å². The monoisotopic (exact) mass is 296 g/mol. The van der Waals surface area contributed by atoms with Gasteiger partial charge in [-0.3, -0.25) is 0 Å². The van der Waals surface area contributed by atoms with Crippen LogP contribution in [0.1, 0.15) is 44.7 Å². The molecule has 1 aliphatic rings. The quantitative estimate of drug-likeness (QED) is 0.811. The summed E-state index contributed by atoms with van der Waals surface area (Å²) in [5.74, 6) is 0. The highest BCUT2D eigenvalue weighted by Gasteiger charge is 2.25. The Morgan fingerprint density at radius 1 is 1.60 bits per heavy atom. The molecule has 0 saturated carbocycles. The Hall–Kier alpha value is -1.14. The second-order valence-electron chi connectivity index (χ2n) is 5.14. The van der Waals surface area contributed by atoms with Crippen LogP contribution in [-0.4, -0.2) is 33.9 Å². The maximum Gasteiger partial charge on any atom is 0.166 e. The van der Waals surface area contributed by atoms with E-state index in [4.69, 9.17) is 17.0 Å². The van der Waals surface area contributed by atoms with E-state index >= 15 is 0 Å². The Labute approximate surface area is 126 Å². The number of hydrogen-bond acceptors (Lipinski definition) is 3. The first kappa shape index (κ1) is 15.3. The van der Waals surface area contributed by atoms with Gasteiger partial charge in [-0.05, 0) is 32.5 Å². The second kappa shape index (κ2) is 7.04. The van der Waals surface area contributed by atoms with Crippen LogP contribution in [-0.2, 0) is 17.7 Å². The lowest BCUT2D eigenvalue weighted by atomic mass is 10.1. The molecule has 0 amide bonds. The Balaban J connectivity index is 1.92. The van der Waals surface area contributed by atoms with Gasteiger partial charge in [0.2, 0.25) is 0 Å². The molecule has 2 atom stereocenters. The van der Waals surface area contributed by atoms with Crippen LogP contribution in [0.15, 0.2) is 6.33 Å². The highest BCUT2D eigenvalue weighted by molar-refractivity contribution is 7.80. The third-order valence-electron chi connectivity index (χ3n) is 3.72. The molecule has 1 aliphatic heterocycles. The predicted octanol–water partition coefficient (Wildman–Crippen LogP) is 1.78. The first-order chi connectivity index (χ1) is 9.65. The van der Waals surface area contributed by atoms with Crippen LogP contribution < -0.4 is 10.6 Å². The second-order valence-corrected chi connectivity index (χ2v) is 5.54. The molecule has 20 heavy (non-hydrogen) atoms. The number of imidazole rings is 1. The van der Waals surface area contributed by atoms with Crippen LogP contribution in [0.3, 0.4) is 0 Å². The van der Waals surface area contributed by atoms with Gasteiger partial charge in [-0.1, -0.05) is 6.92 Å². The summed E-state index contributed by atoms with van der Waals surface area (Å²) in [7, 11) is 0. The van der Waals surface area contributed by atoms with Crippen LogP contribution in [0.4, 0.5) is 0 Å². The van der Waals surface area contributed by atoms with Crippen LogP contribution >= 0.6 is 12.2 Å². The number of nitrogens with one attached hydrogen (secondary N) is 2. The van der Waals surface area contributed by atoms with Gasteiger partial charge < -0.3 is 19.9 Å². The highest BCUT2D eigenvalue weighted by Crippen LogP contribution is 2.25. The minimum Gasteiger partial charge on any atom is -0.370 e. The van der Waals surface area contributed by atoms with Crippen molar-refractivity contribution in [3.63, 3.8) is 0 Å². The average molecular weight is 296 g/mol. The molecule has 1 aromatic rings. The van der Waals surface area contributed by atoms with Crippen LogP contribution in [0.25, 0.3) is 0 Å². The van der Waals surface area contributed by atoms with E-state index in [1.54, 1.807) is 0 Å². The molecule has 2 rings (SSSR count). The molecule has 0 radical (unpaired) electrons. The van der Waals surface area contributed by atoms with Gasteiger partial charge in [-0.25, -0.2) is 4.98 Å².